The van der Waals surface area contributed by atoms with Crippen molar-refractivity contribution >= 4 is 12.6 Å². The molecule has 0 radical (unpaired) electrons. The third kappa shape index (κ3) is 10.6. The molecule has 15 heavy (non-hydrogen) atoms. The molecule has 0 bridgehead atoms. The minimum atomic E-state index is 1.03. The van der Waals surface area contributed by atoms with E-state index in [1.807, 2.05) is 0 Å². The van der Waals surface area contributed by atoms with E-state index < -0.39 is 0 Å². The maximum Gasteiger partial charge on any atom is -0.00110 e. The Morgan fingerprint density at radius 1 is 0.733 bits per heavy atom. The van der Waals surface area contributed by atoms with Crippen LogP contribution in [0.2, 0.25) is 0 Å². The molecule has 1 nitrogen and oxygen atoms in total. The summed E-state index contributed by atoms with van der Waals surface area (Å²) in [6.07, 6.45) is 9.40. The van der Waals surface area contributed by atoms with Crippen LogP contribution < -0.4 is 0 Å². The second-order valence-corrected chi connectivity index (χ2v) is 4.78. The lowest BCUT2D eigenvalue weighted by molar-refractivity contribution is 0.263. The Hall–Kier alpha value is 0.310. The summed E-state index contributed by atoms with van der Waals surface area (Å²) in [5.74, 6) is 1.03. The molecule has 0 amide bonds. The quantitative estimate of drug-likeness (QED) is 0.416. The van der Waals surface area contributed by atoms with Crippen LogP contribution in [0.15, 0.2) is 0 Å². The fraction of sp³-hybridized carbons (Fsp3) is 1.00. The summed E-state index contributed by atoms with van der Waals surface area (Å²) in [4.78, 5) is 2.63. The number of unbranched alkanes of at least 4 members (excludes halogenated alkanes) is 4. The number of nitrogens with zero attached hydrogens (tertiary/aromatic N) is 1. The number of hydrogen-bond acceptors (Lipinski definition) is 2. The smallest absolute Gasteiger partial charge is 0.00110 e. The molecular formula is C13H29NS. The van der Waals surface area contributed by atoms with Crippen LogP contribution in [-0.4, -0.2) is 30.3 Å². The Kier molecular flexibility index (Phi) is 12.6. The van der Waals surface area contributed by atoms with Gasteiger partial charge in [-0.25, -0.2) is 0 Å². The average molecular weight is 231 g/mol. The Bertz CT molecular complexity index is 107. The summed E-state index contributed by atoms with van der Waals surface area (Å²) in [7, 11) is 0. The predicted octanol–water partition coefficient (Wildman–Crippen LogP) is 3.99. The molecule has 0 N–H and O–H groups in total. The highest BCUT2D eigenvalue weighted by molar-refractivity contribution is 7.80. The lowest BCUT2D eigenvalue weighted by atomic mass is 10.2. The second kappa shape index (κ2) is 12.4. The van der Waals surface area contributed by atoms with Gasteiger partial charge in [-0.1, -0.05) is 39.5 Å². The maximum absolute atomic E-state index is 4.29. The van der Waals surface area contributed by atoms with Gasteiger partial charge in [-0.05, 0) is 44.6 Å². The van der Waals surface area contributed by atoms with E-state index in [2.05, 4.69) is 31.4 Å². The summed E-state index contributed by atoms with van der Waals surface area (Å²) in [6, 6.07) is 0. The molecule has 2 heteroatoms. The van der Waals surface area contributed by atoms with Crippen molar-refractivity contribution in [1.29, 1.82) is 0 Å². The van der Waals surface area contributed by atoms with Gasteiger partial charge < -0.3 is 4.90 Å². The van der Waals surface area contributed by atoms with Crippen LogP contribution in [-0.2, 0) is 0 Å². The van der Waals surface area contributed by atoms with Crippen LogP contribution in [0.1, 0.15) is 58.8 Å². The molecule has 0 saturated carbocycles. The maximum atomic E-state index is 4.29. The first-order valence-electron chi connectivity index (χ1n) is 6.68. The molecule has 0 spiro atoms. The van der Waals surface area contributed by atoms with Crippen LogP contribution in [0.25, 0.3) is 0 Å². The van der Waals surface area contributed by atoms with Crippen LogP contribution in [0.3, 0.4) is 0 Å². The van der Waals surface area contributed by atoms with Crippen molar-refractivity contribution in [2.75, 3.05) is 25.4 Å². The molecule has 0 atom stereocenters. The summed E-state index contributed by atoms with van der Waals surface area (Å²) in [5.41, 5.74) is 0. The fourth-order valence-electron chi connectivity index (χ4n) is 1.80. The lowest BCUT2D eigenvalue weighted by Gasteiger charge is -2.21. The van der Waals surface area contributed by atoms with Gasteiger partial charge in [0.2, 0.25) is 0 Å². The summed E-state index contributed by atoms with van der Waals surface area (Å²) >= 11 is 4.29. The highest BCUT2D eigenvalue weighted by Crippen LogP contribution is 2.03. The van der Waals surface area contributed by atoms with Crippen molar-refractivity contribution in [3.8, 4) is 0 Å². The third-order valence-corrected chi connectivity index (χ3v) is 3.10. The number of hydrogen-bond donors (Lipinski definition) is 1. The molecule has 0 fully saturated rings. The first-order valence-corrected chi connectivity index (χ1v) is 7.31. The van der Waals surface area contributed by atoms with Crippen LogP contribution in [0.4, 0.5) is 0 Å². The molecule has 0 aromatic heterocycles. The molecule has 0 unspecified atom stereocenters. The highest BCUT2D eigenvalue weighted by Gasteiger charge is 2.03. The van der Waals surface area contributed by atoms with Gasteiger partial charge in [0, 0.05) is 0 Å². The molecule has 0 aromatic carbocycles. The summed E-state index contributed by atoms with van der Waals surface area (Å²) in [6.45, 7) is 8.39. The van der Waals surface area contributed by atoms with Crippen molar-refractivity contribution in [2.24, 2.45) is 0 Å². The van der Waals surface area contributed by atoms with Crippen molar-refractivity contribution in [3.05, 3.63) is 0 Å². The predicted molar refractivity (Wildman–Crippen MR) is 74.0 cm³/mol. The zero-order chi connectivity index (χ0) is 11.4. The van der Waals surface area contributed by atoms with Gasteiger partial charge >= 0.3 is 0 Å². The zero-order valence-electron chi connectivity index (χ0n) is 10.7. The number of rotatable bonds is 11. The van der Waals surface area contributed by atoms with Gasteiger partial charge in [0.05, 0.1) is 0 Å². The fourth-order valence-corrected chi connectivity index (χ4v) is 1.94. The monoisotopic (exact) mass is 231 g/mol. The molecule has 0 saturated heterocycles. The molecule has 0 aliphatic heterocycles. The van der Waals surface area contributed by atoms with Gasteiger partial charge in [0.1, 0.15) is 0 Å². The van der Waals surface area contributed by atoms with Crippen molar-refractivity contribution in [1.82, 2.24) is 4.90 Å². The Balaban J connectivity index is 3.53. The van der Waals surface area contributed by atoms with Crippen LogP contribution >= 0.6 is 12.6 Å². The van der Waals surface area contributed by atoms with Crippen molar-refractivity contribution in [2.45, 2.75) is 58.8 Å². The first kappa shape index (κ1) is 15.3. The molecule has 92 valence electrons. The highest BCUT2D eigenvalue weighted by atomic mass is 32.1. The molecule has 0 aromatic rings. The van der Waals surface area contributed by atoms with E-state index in [0.717, 1.165) is 5.75 Å². The molecular weight excluding hydrogens is 202 g/mol. The Morgan fingerprint density at radius 2 is 1.20 bits per heavy atom. The largest absolute Gasteiger partial charge is 0.303 e. The molecule has 0 rings (SSSR count). The summed E-state index contributed by atoms with van der Waals surface area (Å²) in [5, 5.41) is 0. The van der Waals surface area contributed by atoms with E-state index in [4.69, 9.17) is 0 Å². The van der Waals surface area contributed by atoms with E-state index >= 15 is 0 Å². The normalized spacial score (nSPS) is 11.2. The minimum absolute atomic E-state index is 1.03. The Morgan fingerprint density at radius 3 is 1.60 bits per heavy atom. The van der Waals surface area contributed by atoms with Gasteiger partial charge in [0.15, 0.2) is 0 Å². The van der Waals surface area contributed by atoms with Crippen LogP contribution in [0, 0.1) is 0 Å². The van der Waals surface area contributed by atoms with Crippen molar-refractivity contribution < 1.29 is 0 Å². The molecule has 0 heterocycles. The SMILES string of the molecule is CCCCCN(CCCS)CCCCC. The minimum Gasteiger partial charge on any atom is -0.303 e. The first-order chi connectivity index (χ1) is 7.35. The average Bonchev–Trinajstić information content (AvgIpc) is 2.25. The molecule has 0 aliphatic carbocycles. The third-order valence-electron chi connectivity index (χ3n) is 2.79. The van der Waals surface area contributed by atoms with E-state index in [9.17, 15) is 0 Å². The second-order valence-electron chi connectivity index (χ2n) is 4.33. The van der Waals surface area contributed by atoms with Gasteiger partial charge in [-0.2, -0.15) is 12.6 Å². The van der Waals surface area contributed by atoms with Gasteiger partial charge in [0.25, 0.3) is 0 Å². The standard InChI is InChI=1S/C13H29NS/c1-3-5-7-10-14(12-9-13-15)11-8-6-4-2/h15H,3-13H2,1-2H3. The van der Waals surface area contributed by atoms with E-state index in [1.165, 1.54) is 64.6 Å². The van der Waals surface area contributed by atoms with E-state index in [0.29, 0.717) is 0 Å². The van der Waals surface area contributed by atoms with Gasteiger partial charge in [-0.3, -0.25) is 0 Å². The summed E-state index contributed by atoms with van der Waals surface area (Å²) < 4.78 is 0. The topological polar surface area (TPSA) is 3.24 Å². The van der Waals surface area contributed by atoms with Crippen molar-refractivity contribution in [3.63, 3.8) is 0 Å². The van der Waals surface area contributed by atoms with Crippen LogP contribution in [0.5, 0.6) is 0 Å². The van der Waals surface area contributed by atoms with E-state index in [-0.39, 0.29) is 0 Å². The Labute approximate surface area is 102 Å². The van der Waals surface area contributed by atoms with E-state index in [1.54, 1.807) is 0 Å². The van der Waals surface area contributed by atoms with Gasteiger partial charge in [-0.15, -0.1) is 0 Å². The lowest BCUT2D eigenvalue weighted by Crippen LogP contribution is -2.27. The number of thiol groups is 1. The molecule has 0 aliphatic rings. The zero-order valence-corrected chi connectivity index (χ0v) is 11.6.